The van der Waals surface area contributed by atoms with E-state index in [1.807, 2.05) is 0 Å². The van der Waals surface area contributed by atoms with Crippen molar-refractivity contribution in [1.29, 1.82) is 0 Å². The zero-order chi connectivity index (χ0) is 15.3. The van der Waals surface area contributed by atoms with Gasteiger partial charge in [-0.05, 0) is 43.5 Å². The molecule has 1 aliphatic rings. The van der Waals surface area contributed by atoms with Gasteiger partial charge in [-0.15, -0.1) is 0 Å². The molecule has 21 heavy (non-hydrogen) atoms. The van der Waals surface area contributed by atoms with Crippen molar-refractivity contribution in [3.05, 3.63) is 29.8 Å². The molecular weight excluding hydrogens is 288 g/mol. The smallest absolute Gasteiger partial charge is 0.235 e. The molecule has 1 aliphatic carbocycles. The van der Waals surface area contributed by atoms with E-state index >= 15 is 0 Å². The number of hydrogen-bond donors (Lipinski definition) is 3. The Hall–Kier alpha value is -1.11. The van der Waals surface area contributed by atoms with Gasteiger partial charge in [0.2, 0.25) is 10.0 Å². The molecule has 0 aliphatic heterocycles. The average Bonchev–Trinajstić information content (AvgIpc) is 2.48. The molecule has 1 aromatic carbocycles. The minimum atomic E-state index is -3.35. The SMILES string of the molecule is NCCC(O)c1cccc(NS(=O)(=O)C2CCCCC2)c1. The van der Waals surface area contributed by atoms with Crippen molar-refractivity contribution in [2.24, 2.45) is 5.73 Å². The first-order chi connectivity index (χ1) is 10.0. The van der Waals surface area contributed by atoms with Gasteiger partial charge >= 0.3 is 0 Å². The molecule has 5 nitrogen and oxygen atoms in total. The highest BCUT2D eigenvalue weighted by molar-refractivity contribution is 7.93. The maximum absolute atomic E-state index is 12.4. The summed E-state index contributed by atoms with van der Waals surface area (Å²) in [5, 5.41) is 9.63. The van der Waals surface area contributed by atoms with E-state index in [0.29, 0.717) is 24.2 Å². The number of aliphatic hydroxyl groups is 1. The Kier molecular flexibility index (Phi) is 5.61. The molecule has 0 heterocycles. The van der Waals surface area contributed by atoms with Crippen LogP contribution in [0, 0.1) is 0 Å². The molecule has 4 N–H and O–H groups in total. The number of hydrogen-bond acceptors (Lipinski definition) is 4. The van der Waals surface area contributed by atoms with E-state index in [9.17, 15) is 13.5 Å². The van der Waals surface area contributed by atoms with Gasteiger partial charge in [0.05, 0.1) is 11.4 Å². The Balaban J connectivity index is 2.09. The topological polar surface area (TPSA) is 92.4 Å². The predicted molar refractivity (Wildman–Crippen MR) is 84.5 cm³/mol. The van der Waals surface area contributed by atoms with E-state index in [4.69, 9.17) is 5.73 Å². The van der Waals surface area contributed by atoms with Crippen molar-refractivity contribution < 1.29 is 13.5 Å². The second kappa shape index (κ2) is 7.24. The fourth-order valence-electron chi connectivity index (χ4n) is 2.76. The number of nitrogens with two attached hydrogens (primary N) is 1. The summed E-state index contributed by atoms with van der Waals surface area (Å²) in [5.41, 5.74) is 6.63. The highest BCUT2D eigenvalue weighted by Gasteiger charge is 2.27. The van der Waals surface area contributed by atoms with Crippen molar-refractivity contribution in [3.8, 4) is 0 Å². The molecule has 0 aromatic heterocycles. The van der Waals surface area contributed by atoms with Crippen LogP contribution in [0.2, 0.25) is 0 Å². The van der Waals surface area contributed by atoms with Gasteiger partial charge in [0.25, 0.3) is 0 Å². The molecule has 0 saturated heterocycles. The van der Waals surface area contributed by atoms with Gasteiger partial charge in [-0.1, -0.05) is 31.4 Å². The number of anilines is 1. The minimum absolute atomic E-state index is 0.302. The first kappa shape index (κ1) is 16.3. The van der Waals surface area contributed by atoms with Gasteiger partial charge in [-0.25, -0.2) is 8.42 Å². The number of sulfonamides is 1. The molecule has 1 unspecified atom stereocenters. The number of benzene rings is 1. The monoisotopic (exact) mass is 312 g/mol. The lowest BCUT2D eigenvalue weighted by atomic mass is 10.0. The number of aliphatic hydroxyl groups excluding tert-OH is 1. The summed E-state index contributed by atoms with van der Waals surface area (Å²) in [6.07, 6.45) is 4.32. The molecule has 0 radical (unpaired) electrons. The molecule has 118 valence electrons. The quantitative estimate of drug-likeness (QED) is 0.750. The summed E-state index contributed by atoms with van der Waals surface area (Å²) in [7, 11) is -3.35. The zero-order valence-corrected chi connectivity index (χ0v) is 13.0. The first-order valence-electron chi connectivity index (χ1n) is 7.52. The maximum atomic E-state index is 12.4. The second-order valence-electron chi connectivity index (χ2n) is 5.63. The molecule has 0 amide bonds. The lowest BCUT2D eigenvalue weighted by Crippen LogP contribution is -2.29. The van der Waals surface area contributed by atoms with Crippen LogP contribution in [0.5, 0.6) is 0 Å². The fraction of sp³-hybridized carbons (Fsp3) is 0.600. The van der Waals surface area contributed by atoms with Crippen molar-refractivity contribution in [3.63, 3.8) is 0 Å². The lowest BCUT2D eigenvalue weighted by molar-refractivity contribution is 0.170. The molecule has 0 bridgehead atoms. The standard InChI is InChI=1S/C15H24N2O3S/c16-10-9-15(18)12-5-4-6-13(11-12)17-21(19,20)14-7-2-1-3-8-14/h4-6,11,14-15,17-18H,1-3,7-10,16H2. The van der Waals surface area contributed by atoms with Gasteiger partial charge in [0.1, 0.15) is 0 Å². The maximum Gasteiger partial charge on any atom is 0.235 e. The molecule has 1 atom stereocenters. The average molecular weight is 312 g/mol. The minimum Gasteiger partial charge on any atom is -0.388 e. The molecule has 2 rings (SSSR count). The van der Waals surface area contributed by atoms with E-state index in [1.165, 1.54) is 0 Å². The Bertz CT molecular complexity index is 554. The third-order valence-corrected chi connectivity index (χ3v) is 5.83. The van der Waals surface area contributed by atoms with Crippen LogP contribution in [0.4, 0.5) is 5.69 Å². The van der Waals surface area contributed by atoms with Crippen LogP contribution in [0.25, 0.3) is 0 Å². The van der Waals surface area contributed by atoms with Crippen molar-refractivity contribution in [2.45, 2.75) is 49.9 Å². The Labute approximate surface area is 126 Å². The van der Waals surface area contributed by atoms with Gasteiger partial charge in [0.15, 0.2) is 0 Å². The zero-order valence-electron chi connectivity index (χ0n) is 12.2. The second-order valence-corrected chi connectivity index (χ2v) is 7.59. The van der Waals surface area contributed by atoms with Crippen LogP contribution in [0.1, 0.15) is 50.2 Å². The van der Waals surface area contributed by atoms with Crippen LogP contribution < -0.4 is 10.5 Å². The lowest BCUT2D eigenvalue weighted by Gasteiger charge is -2.22. The summed E-state index contributed by atoms with van der Waals surface area (Å²) in [4.78, 5) is 0. The van der Waals surface area contributed by atoms with E-state index in [-0.39, 0.29) is 5.25 Å². The highest BCUT2D eigenvalue weighted by atomic mass is 32.2. The van der Waals surface area contributed by atoms with E-state index in [0.717, 1.165) is 32.1 Å². The van der Waals surface area contributed by atoms with Crippen molar-refractivity contribution >= 4 is 15.7 Å². The van der Waals surface area contributed by atoms with Crippen LogP contribution >= 0.6 is 0 Å². The molecule has 1 fully saturated rings. The van der Waals surface area contributed by atoms with Crippen LogP contribution in [-0.2, 0) is 10.0 Å². The van der Waals surface area contributed by atoms with Gasteiger partial charge in [-0.2, -0.15) is 0 Å². The predicted octanol–water partition coefficient (Wildman–Crippen LogP) is 2.14. The molecular formula is C15H24N2O3S. The van der Waals surface area contributed by atoms with Gasteiger partial charge in [-0.3, -0.25) is 4.72 Å². The molecule has 0 spiro atoms. The summed E-state index contributed by atoms with van der Waals surface area (Å²) < 4.78 is 27.4. The first-order valence-corrected chi connectivity index (χ1v) is 9.07. The van der Waals surface area contributed by atoms with Gasteiger partial charge in [0, 0.05) is 5.69 Å². The summed E-state index contributed by atoms with van der Waals surface area (Å²) in [5.74, 6) is 0. The molecule has 6 heteroatoms. The molecule has 1 saturated carbocycles. The Morgan fingerprint density at radius 2 is 2.00 bits per heavy atom. The van der Waals surface area contributed by atoms with E-state index in [1.54, 1.807) is 24.3 Å². The Morgan fingerprint density at radius 3 is 2.67 bits per heavy atom. The summed E-state index contributed by atoms with van der Waals surface area (Å²) in [6, 6.07) is 6.91. The Morgan fingerprint density at radius 1 is 1.29 bits per heavy atom. The van der Waals surface area contributed by atoms with Crippen LogP contribution in [-0.4, -0.2) is 25.3 Å². The van der Waals surface area contributed by atoms with Crippen LogP contribution in [0.15, 0.2) is 24.3 Å². The van der Waals surface area contributed by atoms with Crippen LogP contribution in [0.3, 0.4) is 0 Å². The van der Waals surface area contributed by atoms with Crippen molar-refractivity contribution in [1.82, 2.24) is 0 Å². The third kappa shape index (κ3) is 4.43. The third-order valence-electron chi connectivity index (χ3n) is 3.96. The fourth-order valence-corrected chi connectivity index (χ4v) is 4.33. The van der Waals surface area contributed by atoms with Crippen molar-refractivity contribution in [2.75, 3.05) is 11.3 Å². The number of nitrogens with one attached hydrogen (secondary N) is 1. The largest absolute Gasteiger partial charge is 0.388 e. The van der Waals surface area contributed by atoms with E-state index in [2.05, 4.69) is 4.72 Å². The summed E-state index contributed by atoms with van der Waals surface area (Å²) in [6.45, 7) is 0.388. The highest BCUT2D eigenvalue weighted by Crippen LogP contribution is 2.26. The number of rotatable bonds is 6. The normalized spacial score (nSPS) is 18.4. The summed E-state index contributed by atoms with van der Waals surface area (Å²) >= 11 is 0. The molecule has 1 aromatic rings. The van der Waals surface area contributed by atoms with Gasteiger partial charge < -0.3 is 10.8 Å². The van der Waals surface area contributed by atoms with E-state index < -0.39 is 16.1 Å².